The van der Waals surface area contributed by atoms with E-state index in [1.54, 1.807) is 29.2 Å². The number of amides is 1. The molecule has 2 saturated heterocycles. The zero-order valence-electron chi connectivity index (χ0n) is 15.6. The first kappa shape index (κ1) is 20.5. The molecule has 0 radical (unpaired) electrons. The molecule has 27 heavy (non-hydrogen) atoms. The van der Waals surface area contributed by atoms with Crippen LogP contribution in [0.15, 0.2) is 24.3 Å². The summed E-state index contributed by atoms with van der Waals surface area (Å²) in [6.45, 7) is 3.91. The number of aliphatic hydroxyl groups is 1. The normalized spacial score (nSPS) is 28.5. The fourth-order valence-corrected chi connectivity index (χ4v) is 4.48. The second-order valence-corrected chi connectivity index (χ2v) is 8.14. The topological polar surface area (TPSA) is 43.8 Å². The van der Waals surface area contributed by atoms with Crippen LogP contribution in [-0.2, 0) is 0 Å². The zero-order chi connectivity index (χ0) is 19.6. The summed E-state index contributed by atoms with van der Waals surface area (Å²) in [5.74, 6) is -2.34. The number of aliphatic hydroxyl groups excluding tert-OH is 1. The monoisotopic (exact) mass is 400 g/mol. The van der Waals surface area contributed by atoms with Gasteiger partial charge >= 0.3 is 0 Å². The molecule has 2 aliphatic rings. The number of piperidine rings is 1. The van der Waals surface area contributed by atoms with E-state index < -0.39 is 5.92 Å². The van der Waals surface area contributed by atoms with Crippen LogP contribution in [0.4, 0.5) is 8.78 Å². The van der Waals surface area contributed by atoms with Crippen molar-refractivity contribution >= 4 is 17.5 Å². The van der Waals surface area contributed by atoms with Crippen molar-refractivity contribution in [3.8, 4) is 0 Å². The molecule has 0 unspecified atom stereocenters. The van der Waals surface area contributed by atoms with Crippen LogP contribution in [0.3, 0.4) is 0 Å². The second-order valence-electron chi connectivity index (χ2n) is 7.70. The van der Waals surface area contributed by atoms with Gasteiger partial charge in [0.25, 0.3) is 11.8 Å². The lowest BCUT2D eigenvalue weighted by Crippen LogP contribution is -2.46. The maximum Gasteiger partial charge on any atom is 0.254 e. The molecule has 1 amide bonds. The first-order valence-corrected chi connectivity index (χ1v) is 10.00. The van der Waals surface area contributed by atoms with E-state index in [0.717, 1.165) is 6.42 Å². The van der Waals surface area contributed by atoms with Crippen molar-refractivity contribution in [3.05, 3.63) is 34.9 Å². The molecule has 2 fully saturated rings. The lowest BCUT2D eigenvalue weighted by Gasteiger charge is -2.36. The Labute approximate surface area is 164 Å². The molecule has 1 N–H and O–H groups in total. The quantitative estimate of drug-likeness (QED) is 0.822. The van der Waals surface area contributed by atoms with E-state index in [1.165, 1.54) is 0 Å². The van der Waals surface area contributed by atoms with Crippen molar-refractivity contribution in [1.82, 2.24) is 9.80 Å². The Morgan fingerprint density at radius 1 is 1.26 bits per heavy atom. The summed E-state index contributed by atoms with van der Waals surface area (Å²) >= 11 is 5.91. The van der Waals surface area contributed by atoms with Crippen molar-refractivity contribution in [2.75, 3.05) is 32.8 Å². The van der Waals surface area contributed by atoms with E-state index in [9.17, 15) is 18.7 Å². The van der Waals surface area contributed by atoms with Crippen molar-refractivity contribution in [3.63, 3.8) is 0 Å². The van der Waals surface area contributed by atoms with Crippen LogP contribution in [-0.4, -0.2) is 65.6 Å². The van der Waals surface area contributed by atoms with Gasteiger partial charge < -0.3 is 14.9 Å². The summed E-state index contributed by atoms with van der Waals surface area (Å²) < 4.78 is 26.9. The van der Waals surface area contributed by atoms with Crippen LogP contribution in [0, 0.1) is 11.8 Å². The van der Waals surface area contributed by atoms with E-state index in [2.05, 4.69) is 11.8 Å². The molecule has 0 saturated carbocycles. The van der Waals surface area contributed by atoms with Crippen LogP contribution in [0.1, 0.15) is 36.5 Å². The number of halogens is 3. The molecule has 4 nitrogen and oxygen atoms in total. The highest BCUT2D eigenvalue weighted by Gasteiger charge is 2.44. The van der Waals surface area contributed by atoms with Gasteiger partial charge in [0.05, 0.1) is 12.6 Å². The minimum atomic E-state index is -2.57. The smallest absolute Gasteiger partial charge is 0.254 e. The summed E-state index contributed by atoms with van der Waals surface area (Å²) in [6, 6.07) is 6.46. The van der Waals surface area contributed by atoms with Crippen molar-refractivity contribution < 1.29 is 18.7 Å². The molecule has 150 valence electrons. The van der Waals surface area contributed by atoms with Gasteiger partial charge in [-0.1, -0.05) is 24.9 Å². The zero-order valence-corrected chi connectivity index (χ0v) is 16.3. The average Bonchev–Trinajstić information content (AvgIpc) is 3.01. The molecule has 7 heteroatoms. The number of rotatable bonds is 5. The summed E-state index contributed by atoms with van der Waals surface area (Å²) in [7, 11) is 0. The van der Waals surface area contributed by atoms with Gasteiger partial charge in [-0.25, -0.2) is 8.78 Å². The standard InChI is InChI=1S/C20H27ClF2N2O2/c1-2-14-11-25(19(27)15-3-5-16(21)6-4-15)18(13-26)17(14)12-24-9-7-20(22,23)8-10-24/h3-6,14,17-18,26H,2,7-13H2,1H3/t14-,17-,18-/m1/s1. The fraction of sp³-hybridized carbons (Fsp3) is 0.650. The first-order chi connectivity index (χ1) is 12.8. The molecule has 0 aliphatic carbocycles. The van der Waals surface area contributed by atoms with Crippen LogP contribution < -0.4 is 0 Å². The largest absolute Gasteiger partial charge is 0.394 e. The van der Waals surface area contributed by atoms with Crippen LogP contribution in [0.5, 0.6) is 0 Å². The van der Waals surface area contributed by atoms with Crippen molar-refractivity contribution in [2.45, 2.75) is 38.2 Å². The second kappa shape index (κ2) is 8.41. The number of nitrogens with zero attached hydrogens (tertiary/aromatic N) is 2. The predicted molar refractivity (Wildman–Crippen MR) is 101 cm³/mol. The van der Waals surface area contributed by atoms with E-state index in [0.29, 0.717) is 36.8 Å². The number of alkyl halides is 2. The Bertz CT molecular complexity index is 646. The van der Waals surface area contributed by atoms with Gasteiger partial charge in [0, 0.05) is 49.6 Å². The fourth-order valence-electron chi connectivity index (χ4n) is 4.36. The maximum atomic E-state index is 13.4. The lowest BCUT2D eigenvalue weighted by atomic mass is 9.87. The van der Waals surface area contributed by atoms with E-state index in [1.807, 2.05) is 0 Å². The Kier molecular flexibility index (Phi) is 6.39. The number of hydrogen-bond acceptors (Lipinski definition) is 3. The maximum absolute atomic E-state index is 13.4. The Morgan fingerprint density at radius 2 is 1.89 bits per heavy atom. The molecular weight excluding hydrogens is 374 g/mol. The van der Waals surface area contributed by atoms with Gasteiger partial charge in [0.2, 0.25) is 0 Å². The van der Waals surface area contributed by atoms with Crippen molar-refractivity contribution in [2.24, 2.45) is 11.8 Å². The Balaban J connectivity index is 1.72. The van der Waals surface area contributed by atoms with E-state index in [-0.39, 0.29) is 43.2 Å². The Morgan fingerprint density at radius 3 is 2.44 bits per heavy atom. The number of benzene rings is 1. The van der Waals surface area contributed by atoms with Gasteiger partial charge in [-0.15, -0.1) is 0 Å². The van der Waals surface area contributed by atoms with E-state index in [4.69, 9.17) is 11.6 Å². The van der Waals surface area contributed by atoms with Crippen LogP contribution >= 0.6 is 11.6 Å². The molecule has 0 spiro atoms. The number of likely N-dealkylation sites (tertiary alicyclic amines) is 2. The first-order valence-electron chi connectivity index (χ1n) is 9.62. The molecule has 1 aromatic rings. The molecule has 2 heterocycles. The summed E-state index contributed by atoms with van der Waals surface area (Å²) in [6.07, 6.45) is 0.650. The van der Waals surface area contributed by atoms with Gasteiger partial charge in [0.15, 0.2) is 0 Å². The molecule has 1 aromatic carbocycles. The third-order valence-electron chi connectivity index (χ3n) is 6.05. The minimum absolute atomic E-state index is 0.0861. The third kappa shape index (κ3) is 4.61. The number of hydrogen-bond donors (Lipinski definition) is 1. The average molecular weight is 401 g/mol. The molecule has 0 bridgehead atoms. The SMILES string of the molecule is CC[C@@H]1CN(C(=O)c2ccc(Cl)cc2)[C@H](CO)[C@@H]1CN1CCC(F)(F)CC1. The predicted octanol–water partition coefficient (Wildman–Crippen LogP) is 3.53. The lowest BCUT2D eigenvalue weighted by molar-refractivity contribution is -0.0591. The van der Waals surface area contributed by atoms with Gasteiger partial charge in [-0.3, -0.25) is 4.79 Å². The van der Waals surface area contributed by atoms with Crippen molar-refractivity contribution in [1.29, 1.82) is 0 Å². The van der Waals surface area contributed by atoms with Gasteiger partial charge in [0.1, 0.15) is 0 Å². The molecular formula is C20H27ClF2N2O2. The van der Waals surface area contributed by atoms with Gasteiger partial charge in [-0.2, -0.15) is 0 Å². The minimum Gasteiger partial charge on any atom is -0.394 e. The summed E-state index contributed by atoms with van der Waals surface area (Å²) in [5.41, 5.74) is 0.547. The molecule has 0 aromatic heterocycles. The molecule has 3 rings (SSSR count). The highest BCUT2D eigenvalue weighted by atomic mass is 35.5. The van der Waals surface area contributed by atoms with Gasteiger partial charge in [-0.05, 0) is 36.1 Å². The molecule has 3 atom stereocenters. The summed E-state index contributed by atoms with van der Waals surface area (Å²) in [5, 5.41) is 10.6. The highest BCUT2D eigenvalue weighted by Crippen LogP contribution is 2.35. The van der Waals surface area contributed by atoms with Crippen LogP contribution in [0.25, 0.3) is 0 Å². The molecule has 2 aliphatic heterocycles. The Hall–Kier alpha value is -1.24. The third-order valence-corrected chi connectivity index (χ3v) is 6.30. The van der Waals surface area contributed by atoms with Crippen LogP contribution in [0.2, 0.25) is 5.02 Å². The number of carbonyl (C=O) groups excluding carboxylic acids is 1. The number of carbonyl (C=O) groups is 1. The highest BCUT2D eigenvalue weighted by molar-refractivity contribution is 6.30. The summed E-state index contributed by atoms with van der Waals surface area (Å²) in [4.78, 5) is 16.8. The van der Waals surface area contributed by atoms with E-state index >= 15 is 0 Å².